The van der Waals surface area contributed by atoms with Crippen LogP contribution in [0, 0.1) is 0 Å². The highest BCUT2D eigenvalue weighted by Crippen LogP contribution is 2.36. The van der Waals surface area contributed by atoms with Crippen molar-refractivity contribution >= 4 is 11.8 Å². The van der Waals surface area contributed by atoms with Crippen LogP contribution in [0.3, 0.4) is 0 Å². The Balaban J connectivity index is 1.19. The van der Waals surface area contributed by atoms with Crippen molar-refractivity contribution in [2.75, 3.05) is 26.2 Å². The van der Waals surface area contributed by atoms with Gasteiger partial charge in [-0.2, -0.15) is 0 Å². The highest BCUT2D eigenvalue weighted by Gasteiger charge is 2.34. The van der Waals surface area contributed by atoms with Gasteiger partial charge in [-0.1, -0.05) is 62.0 Å². The van der Waals surface area contributed by atoms with E-state index in [0.717, 1.165) is 56.7 Å². The first-order valence-electron chi connectivity index (χ1n) is 14.4. The molecule has 6 nitrogen and oxygen atoms in total. The molecule has 210 valence electrons. The first-order valence-corrected chi connectivity index (χ1v) is 14.4. The minimum absolute atomic E-state index is 0.0205. The fourth-order valence-electron chi connectivity index (χ4n) is 5.79. The number of amides is 1. The number of rotatable bonds is 8. The summed E-state index contributed by atoms with van der Waals surface area (Å²) in [7, 11) is 0. The number of phenolic OH excluding ortho intramolecular Hbond substituents is 1. The van der Waals surface area contributed by atoms with Crippen molar-refractivity contribution in [1.29, 1.82) is 0 Å². The van der Waals surface area contributed by atoms with E-state index in [1.165, 1.54) is 22.3 Å². The van der Waals surface area contributed by atoms with Gasteiger partial charge in [0, 0.05) is 56.1 Å². The quantitative estimate of drug-likeness (QED) is 0.356. The fourth-order valence-corrected chi connectivity index (χ4v) is 5.79. The van der Waals surface area contributed by atoms with Crippen LogP contribution in [0.25, 0.3) is 5.70 Å². The van der Waals surface area contributed by atoms with Gasteiger partial charge in [0.2, 0.25) is 0 Å². The predicted molar refractivity (Wildman–Crippen MR) is 160 cm³/mol. The van der Waals surface area contributed by atoms with Gasteiger partial charge in [0.15, 0.2) is 0 Å². The first-order chi connectivity index (χ1) is 19.2. The maximum atomic E-state index is 12.6. The largest absolute Gasteiger partial charge is 0.508 e. The SMILES string of the molecule is C=C(c1cccc2c1CN(C(C)(C)CCc1ccc(O)c(CC)c1)C2)N1CCN(C(=O)Oc2ccccc2)CC1. The standard InChI is InChI=1S/C34H41N3O3/c1-5-27-22-26(14-15-32(27)38)16-17-34(3,4)37-23-28-10-9-13-30(31(28)24-37)25(2)35-18-20-36(21-19-35)33(39)40-29-11-7-6-8-12-29/h6-15,22,38H,2,5,16-21,23-24H2,1,3-4H3. The van der Waals surface area contributed by atoms with E-state index in [1.54, 1.807) is 17.0 Å². The molecule has 0 spiro atoms. The molecule has 0 unspecified atom stereocenters. The van der Waals surface area contributed by atoms with E-state index >= 15 is 0 Å². The van der Waals surface area contributed by atoms with Gasteiger partial charge in [0.1, 0.15) is 11.5 Å². The summed E-state index contributed by atoms with van der Waals surface area (Å²) in [6.07, 6.45) is 2.55. The Morgan fingerprint density at radius 3 is 2.40 bits per heavy atom. The second-order valence-electron chi connectivity index (χ2n) is 11.5. The first kappa shape index (κ1) is 27.8. The maximum Gasteiger partial charge on any atom is 0.415 e. The summed E-state index contributed by atoms with van der Waals surface area (Å²) in [5.74, 6) is 0.960. The molecule has 6 heteroatoms. The van der Waals surface area contributed by atoms with Crippen molar-refractivity contribution < 1.29 is 14.6 Å². The molecular weight excluding hydrogens is 498 g/mol. The number of carbonyl (C=O) groups is 1. The Hall–Kier alpha value is -3.77. The van der Waals surface area contributed by atoms with Gasteiger partial charge >= 0.3 is 6.09 Å². The van der Waals surface area contributed by atoms with Crippen LogP contribution in [0.5, 0.6) is 11.5 Å². The van der Waals surface area contributed by atoms with Crippen LogP contribution in [-0.2, 0) is 25.9 Å². The molecule has 2 heterocycles. The number of para-hydroxylation sites is 1. The molecule has 2 aliphatic rings. The Morgan fingerprint density at radius 1 is 0.950 bits per heavy atom. The molecule has 0 atom stereocenters. The van der Waals surface area contributed by atoms with Crippen LogP contribution in [0.4, 0.5) is 4.79 Å². The lowest BCUT2D eigenvalue weighted by atomic mass is 9.92. The predicted octanol–water partition coefficient (Wildman–Crippen LogP) is 6.47. The molecule has 1 fully saturated rings. The number of carbonyl (C=O) groups excluding carboxylic acids is 1. The zero-order chi connectivity index (χ0) is 28.3. The van der Waals surface area contributed by atoms with Gasteiger partial charge < -0.3 is 19.6 Å². The van der Waals surface area contributed by atoms with Crippen molar-refractivity contribution in [3.63, 3.8) is 0 Å². The smallest absolute Gasteiger partial charge is 0.415 e. The third-order valence-corrected chi connectivity index (χ3v) is 8.57. The van der Waals surface area contributed by atoms with Crippen LogP contribution < -0.4 is 4.74 Å². The minimum Gasteiger partial charge on any atom is -0.508 e. The average molecular weight is 540 g/mol. The van der Waals surface area contributed by atoms with E-state index in [0.29, 0.717) is 24.6 Å². The number of hydrogen-bond acceptors (Lipinski definition) is 5. The molecule has 0 bridgehead atoms. The number of aryl methyl sites for hydroxylation is 2. The Bertz CT molecular complexity index is 1360. The molecule has 3 aromatic rings. The molecule has 1 N–H and O–H groups in total. The summed E-state index contributed by atoms with van der Waals surface area (Å²) in [6.45, 7) is 15.8. The number of ether oxygens (including phenoxy) is 1. The van der Waals surface area contributed by atoms with E-state index in [-0.39, 0.29) is 11.6 Å². The van der Waals surface area contributed by atoms with Crippen molar-refractivity contribution in [1.82, 2.24) is 14.7 Å². The van der Waals surface area contributed by atoms with Crippen LogP contribution in [-0.4, -0.2) is 57.6 Å². The van der Waals surface area contributed by atoms with Gasteiger partial charge in [0.25, 0.3) is 0 Å². The summed E-state index contributed by atoms with van der Waals surface area (Å²) >= 11 is 0. The van der Waals surface area contributed by atoms with Gasteiger partial charge in [-0.05, 0) is 73.6 Å². The van der Waals surface area contributed by atoms with Crippen molar-refractivity contribution in [3.8, 4) is 11.5 Å². The number of aromatic hydroxyl groups is 1. The molecule has 1 amide bonds. The van der Waals surface area contributed by atoms with Gasteiger partial charge in [-0.25, -0.2) is 4.79 Å². The van der Waals surface area contributed by atoms with Crippen LogP contribution in [0.1, 0.15) is 55.0 Å². The molecule has 2 aliphatic heterocycles. The van der Waals surface area contributed by atoms with E-state index < -0.39 is 0 Å². The third-order valence-electron chi connectivity index (χ3n) is 8.57. The Kier molecular flexibility index (Phi) is 8.17. The second-order valence-corrected chi connectivity index (χ2v) is 11.5. The van der Waals surface area contributed by atoms with E-state index in [9.17, 15) is 9.90 Å². The number of hydrogen-bond donors (Lipinski definition) is 1. The van der Waals surface area contributed by atoms with E-state index in [4.69, 9.17) is 4.74 Å². The summed E-state index contributed by atoms with van der Waals surface area (Å²) < 4.78 is 5.53. The average Bonchev–Trinajstić information content (AvgIpc) is 3.43. The fraction of sp³-hybridized carbons (Fsp3) is 0.382. The summed E-state index contributed by atoms with van der Waals surface area (Å²) in [4.78, 5) is 19.3. The number of nitrogens with zero attached hydrogens (tertiary/aromatic N) is 3. The topological polar surface area (TPSA) is 56.2 Å². The molecule has 0 aliphatic carbocycles. The lowest BCUT2D eigenvalue weighted by Gasteiger charge is -2.37. The summed E-state index contributed by atoms with van der Waals surface area (Å²) in [5, 5.41) is 10.1. The van der Waals surface area contributed by atoms with E-state index in [1.807, 2.05) is 30.3 Å². The molecular formula is C34H41N3O3. The normalized spacial score (nSPS) is 15.7. The lowest BCUT2D eigenvalue weighted by molar-refractivity contribution is 0.109. The molecule has 0 aromatic heterocycles. The minimum atomic E-state index is -0.298. The second kappa shape index (κ2) is 11.8. The molecule has 3 aromatic carbocycles. The van der Waals surface area contributed by atoms with Crippen LogP contribution in [0.2, 0.25) is 0 Å². The lowest BCUT2D eigenvalue weighted by Crippen LogP contribution is -2.48. The van der Waals surface area contributed by atoms with Crippen LogP contribution in [0.15, 0.2) is 73.3 Å². The van der Waals surface area contributed by atoms with Crippen molar-refractivity contribution in [2.24, 2.45) is 0 Å². The zero-order valence-corrected chi connectivity index (χ0v) is 24.0. The van der Waals surface area contributed by atoms with Gasteiger partial charge in [-0.15, -0.1) is 0 Å². The van der Waals surface area contributed by atoms with Gasteiger partial charge in [0.05, 0.1) is 0 Å². The number of phenols is 1. The summed E-state index contributed by atoms with van der Waals surface area (Å²) in [6, 6.07) is 21.8. The van der Waals surface area contributed by atoms with Gasteiger partial charge in [-0.3, -0.25) is 4.90 Å². The number of fused-ring (bicyclic) bond motifs is 1. The Morgan fingerprint density at radius 2 is 1.68 bits per heavy atom. The number of piperazine rings is 1. The Labute approximate surface area is 238 Å². The molecule has 0 saturated carbocycles. The van der Waals surface area contributed by atoms with E-state index in [2.05, 4.69) is 61.4 Å². The third kappa shape index (κ3) is 6.02. The molecule has 5 rings (SSSR count). The number of benzene rings is 3. The summed E-state index contributed by atoms with van der Waals surface area (Å²) in [5.41, 5.74) is 7.29. The zero-order valence-electron chi connectivity index (χ0n) is 24.0. The van der Waals surface area contributed by atoms with Crippen molar-refractivity contribution in [3.05, 3.63) is 101 Å². The van der Waals surface area contributed by atoms with Crippen LogP contribution >= 0.6 is 0 Å². The van der Waals surface area contributed by atoms with Crippen molar-refractivity contribution in [2.45, 2.75) is 58.7 Å². The highest BCUT2D eigenvalue weighted by atomic mass is 16.6. The molecule has 40 heavy (non-hydrogen) atoms. The highest BCUT2D eigenvalue weighted by molar-refractivity contribution is 5.71. The maximum absolute atomic E-state index is 12.6. The molecule has 0 radical (unpaired) electrons. The molecule has 1 saturated heterocycles. The monoisotopic (exact) mass is 539 g/mol.